The van der Waals surface area contributed by atoms with Crippen molar-refractivity contribution in [3.8, 4) is 5.75 Å². The molecule has 2 rings (SSSR count). The maximum absolute atomic E-state index is 12.5. The summed E-state index contributed by atoms with van der Waals surface area (Å²) in [6.07, 6.45) is 1.12. The van der Waals surface area contributed by atoms with Crippen LogP contribution in [0.4, 0.5) is 5.69 Å². The lowest BCUT2D eigenvalue weighted by Gasteiger charge is -2.37. The summed E-state index contributed by atoms with van der Waals surface area (Å²) in [4.78, 5) is 0. The van der Waals surface area contributed by atoms with Gasteiger partial charge in [-0.15, -0.1) is 0 Å². The van der Waals surface area contributed by atoms with Crippen molar-refractivity contribution in [1.29, 1.82) is 0 Å². The molecule has 7 nitrogen and oxygen atoms in total. The lowest BCUT2D eigenvalue weighted by atomic mass is 10.1. The number of anilines is 1. The minimum absolute atomic E-state index is 0.0897. The number of nitrogens with zero attached hydrogens (tertiary/aromatic N) is 2. The summed E-state index contributed by atoms with van der Waals surface area (Å²) in [5.41, 5.74) is 0.462. The number of hydrogen-bond acceptors (Lipinski definition) is 5. The fraction of sp³-hybridized carbons (Fsp3) is 0.538. The Morgan fingerprint density at radius 2 is 1.82 bits per heavy atom. The largest absolute Gasteiger partial charge is 0.495 e. The fourth-order valence-electron chi connectivity index (χ4n) is 2.35. The molecule has 0 amide bonds. The highest BCUT2D eigenvalue weighted by Gasteiger charge is 2.37. The normalized spacial score (nSPS) is 17.0. The smallest absolute Gasteiger partial charge is 0.235 e. The molecule has 1 fully saturated rings. The molecular formula is C13H20N2O5S2. The summed E-state index contributed by atoms with van der Waals surface area (Å²) < 4.78 is 55.2. The van der Waals surface area contributed by atoms with Gasteiger partial charge in [-0.05, 0) is 12.1 Å². The molecule has 0 bridgehead atoms. The van der Waals surface area contributed by atoms with Crippen LogP contribution in [-0.2, 0) is 20.0 Å². The average Bonchev–Trinajstić information content (AvgIpc) is 2.40. The number of para-hydroxylation sites is 2. The maximum atomic E-state index is 12.5. The third kappa shape index (κ3) is 3.53. The molecule has 1 aliphatic rings. The maximum Gasteiger partial charge on any atom is 0.235 e. The van der Waals surface area contributed by atoms with Crippen LogP contribution in [0.1, 0.15) is 0 Å². The van der Waals surface area contributed by atoms with E-state index in [4.69, 9.17) is 4.74 Å². The minimum atomic E-state index is -3.54. The zero-order valence-electron chi connectivity index (χ0n) is 12.8. The number of rotatable bonds is 6. The second kappa shape index (κ2) is 6.05. The first-order valence-corrected chi connectivity index (χ1v) is 10.2. The van der Waals surface area contributed by atoms with Crippen molar-refractivity contribution < 1.29 is 21.6 Å². The van der Waals surface area contributed by atoms with E-state index in [1.165, 1.54) is 22.8 Å². The molecule has 0 unspecified atom stereocenters. The highest BCUT2D eigenvalue weighted by molar-refractivity contribution is 7.92. The summed E-state index contributed by atoms with van der Waals surface area (Å²) in [6.45, 7) is 0.496. The Kier molecular flexibility index (Phi) is 4.69. The van der Waals surface area contributed by atoms with Crippen LogP contribution >= 0.6 is 0 Å². The predicted molar refractivity (Wildman–Crippen MR) is 85.1 cm³/mol. The summed E-state index contributed by atoms with van der Waals surface area (Å²) in [5.74, 6) is 0.199. The van der Waals surface area contributed by atoms with Crippen LogP contribution in [0.25, 0.3) is 0 Å². The van der Waals surface area contributed by atoms with E-state index in [9.17, 15) is 16.8 Å². The number of benzene rings is 1. The molecule has 1 saturated heterocycles. The van der Waals surface area contributed by atoms with Gasteiger partial charge in [-0.3, -0.25) is 4.31 Å². The Labute approximate surface area is 131 Å². The van der Waals surface area contributed by atoms with Gasteiger partial charge in [-0.2, -0.15) is 0 Å². The number of hydrogen-bond donors (Lipinski definition) is 0. The van der Waals surface area contributed by atoms with Crippen molar-refractivity contribution in [3.05, 3.63) is 24.3 Å². The van der Waals surface area contributed by atoms with Gasteiger partial charge >= 0.3 is 0 Å². The number of sulfonamides is 2. The molecule has 0 saturated carbocycles. The molecule has 9 heteroatoms. The summed E-state index contributed by atoms with van der Waals surface area (Å²) >= 11 is 0. The third-order valence-electron chi connectivity index (χ3n) is 3.68. The topological polar surface area (TPSA) is 84.0 Å². The molecule has 0 N–H and O–H groups in total. The van der Waals surface area contributed by atoms with Crippen molar-refractivity contribution in [2.24, 2.45) is 5.92 Å². The molecule has 1 heterocycles. The molecule has 0 spiro atoms. The first kappa shape index (κ1) is 17.0. The molecule has 0 aromatic heterocycles. The van der Waals surface area contributed by atoms with E-state index in [1.807, 2.05) is 0 Å². The van der Waals surface area contributed by atoms with E-state index >= 15 is 0 Å². The lowest BCUT2D eigenvalue weighted by molar-refractivity contribution is 0.221. The monoisotopic (exact) mass is 348 g/mol. The molecule has 1 aromatic carbocycles. The van der Waals surface area contributed by atoms with Crippen molar-refractivity contribution in [3.63, 3.8) is 0 Å². The summed E-state index contributed by atoms with van der Waals surface area (Å²) in [7, 11) is -3.82. The Morgan fingerprint density at radius 1 is 1.23 bits per heavy atom. The van der Waals surface area contributed by atoms with Gasteiger partial charge in [-0.25, -0.2) is 21.1 Å². The zero-order chi connectivity index (χ0) is 16.5. The fourth-order valence-corrected chi connectivity index (χ4v) is 4.79. The van der Waals surface area contributed by atoms with E-state index in [2.05, 4.69) is 0 Å². The van der Waals surface area contributed by atoms with E-state index in [-0.39, 0.29) is 24.8 Å². The molecule has 22 heavy (non-hydrogen) atoms. The van der Waals surface area contributed by atoms with E-state index in [1.54, 1.807) is 24.3 Å². The molecule has 1 aliphatic heterocycles. The van der Waals surface area contributed by atoms with Crippen LogP contribution in [0, 0.1) is 5.92 Å². The SMILES string of the molecule is COc1ccccc1N(C)S(=O)(=O)CC1CN(S(C)(=O)=O)C1. The van der Waals surface area contributed by atoms with Gasteiger partial charge in [0.15, 0.2) is 0 Å². The molecule has 0 radical (unpaired) electrons. The van der Waals surface area contributed by atoms with E-state index in [0.717, 1.165) is 6.26 Å². The second-order valence-corrected chi connectivity index (χ2v) is 9.39. The number of methoxy groups -OCH3 is 1. The Morgan fingerprint density at radius 3 is 2.36 bits per heavy atom. The minimum Gasteiger partial charge on any atom is -0.495 e. The van der Waals surface area contributed by atoms with Gasteiger partial charge in [0.2, 0.25) is 20.0 Å². The summed E-state index contributed by atoms with van der Waals surface area (Å²) in [6, 6.07) is 6.85. The van der Waals surface area contributed by atoms with Crippen LogP contribution in [0.2, 0.25) is 0 Å². The van der Waals surface area contributed by atoms with Crippen molar-refractivity contribution in [1.82, 2.24) is 4.31 Å². The van der Waals surface area contributed by atoms with Gasteiger partial charge in [0, 0.05) is 26.1 Å². The molecule has 0 atom stereocenters. The predicted octanol–water partition coefficient (Wildman–Crippen LogP) is 0.353. The quantitative estimate of drug-likeness (QED) is 0.741. The highest BCUT2D eigenvalue weighted by atomic mass is 32.2. The van der Waals surface area contributed by atoms with Crippen molar-refractivity contribution in [2.75, 3.05) is 43.6 Å². The van der Waals surface area contributed by atoms with E-state index < -0.39 is 20.0 Å². The van der Waals surface area contributed by atoms with Crippen molar-refractivity contribution in [2.45, 2.75) is 0 Å². The number of ether oxygens (including phenoxy) is 1. The summed E-state index contributed by atoms with van der Waals surface area (Å²) in [5, 5.41) is 0. The van der Waals surface area contributed by atoms with Crippen LogP contribution in [-0.4, -0.2) is 60.4 Å². The first-order chi connectivity index (χ1) is 10.1. The van der Waals surface area contributed by atoms with Crippen LogP contribution < -0.4 is 9.04 Å². The third-order valence-corrected chi connectivity index (χ3v) is 6.84. The molecular weight excluding hydrogens is 328 g/mol. The van der Waals surface area contributed by atoms with Crippen LogP contribution in [0.3, 0.4) is 0 Å². The standard InChI is InChI=1S/C13H20N2O5S2/c1-14(12-6-4-5-7-13(12)20-2)22(18,19)10-11-8-15(9-11)21(3,16)17/h4-7,11H,8-10H2,1-3H3. The second-order valence-electron chi connectivity index (χ2n) is 5.36. The zero-order valence-corrected chi connectivity index (χ0v) is 14.4. The van der Waals surface area contributed by atoms with E-state index in [0.29, 0.717) is 11.4 Å². The highest BCUT2D eigenvalue weighted by Crippen LogP contribution is 2.30. The van der Waals surface area contributed by atoms with Gasteiger partial charge in [0.25, 0.3) is 0 Å². The molecule has 1 aromatic rings. The van der Waals surface area contributed by atoms with Gasteiger partial charge in [0.1, 0.15) is 5.75 Å². The van der Waals surface area contributed by atoms with Crippen molar-refractivity contribution >= 4 is 25.7 Å². The van der Waals surface area contributed by atoms with Crippen LogP contribution in [0.15, 0.2) is 24.3 Å². The Balaban J connectivity index is 2.08. The molecule has 0 aliphatic carbocycles. The lowest BCUT2D eigenvalue weighted by Crippen LogP contribution is -2.52. The molecule has 124 valence electrons. The van der Waals surface area contributed by atoms with Gasteiger partial charge < -0.3 is 4.74 Å². The van der Waals surface area contributed by atoms with Gasteiger partial charge in [-0.1, -0.05) is 12.1 Å². The van der Waals surface area contributed by atoms with Gasteiger partial charge in [0.05, 0.1) is 24.8 Å². The Bertz CT molecular complexity index is 739. The van der Waals surface area contributed by atoms with Crippen LogP contribution in [0.5, 0.6) is 5.75 Å². The Hall–Kier alpha value is -1.32. The average molecular weight is 348 g/mol. The first-order valence-electron chi connectivity index (χ1n) is 6.70.